The van der Waals surface area contributed by atoms with Gasteiger partial charge in [0.15, 0.2) is 0 Å². The molecule has 162 valence electrons. The summed E-state index contributed by atoms with van der Waals surface area (Å²) in [7, 11) is 1.61. The summed E-state index contributed by atoms with van der Waals surface area (Å²) < 4.78 is 5.16. The van der Waals surface area contributed by atoms with Crippen LogP contribution < -0.4 is 10.1 Å². The normalized spacial score (nSPS) is 13.6. The summed E-state index contributed by atoms with van der Waals surface area (Å²) >= 11 is 0. The monoisotopic (exact) mass is 428 g/mol. The van der Waals surface area contributed by atoms with Crippen molar-refractivity contribution in [1.82, 2.24) is 10.2 Å². The summed E-state index contributed by atoms with van der Waals surface area (Å²) in [4.78, 5) is 40.3. The van der Waals surface area contributed by atoms with Crippen LogP contribution in [0, 0.1) is 0 Å². The minimum atomic E-state index is -0.930. The second kappa shape index (κ2) is 9.47. The lowest BCUT2D eigenvalue weighted by atomic mass is 10.0. The zero-order valence-corrected chi connectivity index (χ0v) is 17.8. The fourth-order valence-electron chi connectivity index (χ4n) is 3.87. The van der Waals surface area contributed by atoms with Gasteiger partial charge in [0.25, 0.3) is 11.8 Å². The van der Waals surface area contributed by atoms with Crippen LogP contribution in [-0.4, -0.2) is 42.3 Å². The minimum absolute atomic E-state index is 0.251. The zero-order valence-electron chi connectivity index (χ0n) is 17.8. The van der Waals surface area contributed by atoms with Crippen LogP contribution in [0.25, 0.3) is 0 Å². The molecule has 3 aromatic rings. The van der Waals surface area contributed by atoms with Gasteiger partial charge in [0, 0.05) is 13.0 Å². The van der Waals surface area contributed by atoms with Crippen molar-refractivity contribution in [2.75, 3.05) is 13.7 Å². The van der Waals surface area contributed by atoms with E-state index in [2.05, 4.69) is 5.32 Å². The number of hydrogen-bond acceptors (Lipinski definition) is 4. The maximum Gasteiger partial charge on any atom is 0.262 e. The van der Waals surface area contributed by atoms with E-state index in [0.717, 1.165) is 21.8 Å². The van der Waals surface area contributed by atoms with E-state index in [1.165, 1.54) is 0 Å². The third kappa shape index (κ3) is 4.39. The molecule has 3 amide bonds. The van der Waals surface area contributed by atoms with Crippen LogP contribution in [0.2, 0.25) is 0 Å². The Hall–Kier alpha value is -3.93. The van der Waals surface area contributed by atoms with Gasteiger partial charge in [0.05, 0.1) is 18.2 Å². The zero-order chi connectivity index (χ0) is 22.5. The van der Waals surface area contributed by atoms with E-state index >= 15 is 0 Å². The summed E-state index contributed by atoms with van der Waals surface area (Å²) in [5, 5.41) is 2.91. The molecule has 0 saturated heterocycles. The predicted molar refractivity (Wildman–Crippen MR) is 121 cm³/mol. The lowest BCUT2D eigenvalue weighted by molar-refractivity contribution is -0.125. The Kier molecular flexibility index (Phi) is 6.31. The van der Waals surface area contributed by atoms with Gasteiger partial charge in [-0.1, -0.05) is 54.6 Å². The van der Waals surface area contributed by atoms with E-state index in [1.54, 1.807) is 31.4 Å². The molecule has 0 bridgehead atoms. The van der Waals surface area contributed by atoms with Crippen molar-refractivity contribution in [3.8, 4) is 5.75 Å². The minimum Gasteiger partial charge on any atom is -0.497 e. The van der Waals surface area contributed by atoms with Crippen LogP contribution in [0.15, 0.2) is 78.9 Å². The number of ether oxygens (including phenoxy) is 1. The summed E-state index contributed by atoms with van der Waals surface area (Å²) in [5.41, 5.74) is 2.59. The summed E-state index contributed by atoms with van der Waals surface area (Å²) in [6.07, 6.45) is 0.872. The first-order chi connectivity index (χ1) is 15.6. The number of nitrogens with one attached hydrogen (secondary N) is 1. The fourth-order valence-corrected chi connectivity index (χ4v) is 3.87. The molecular formula is C26H24N2O4. The van der Waals surface area contributed by atoms with Crippen LogP contribution in [0.4, 0.5) is 0 Å². The Balaban J connectivity index is 1.51. The predicted octanol–water partition coefficient (Wildman–Crippen LogP) is 3.26. The van der Waals surface area contributed by atoms with Crippen molar-refractivity contribution in [3.63, 3.8) is 0 Å². The number of fused-ring (bicyclic) bond motifs is 1. The molecule has 6 heteroatoms. The first-order valence-electron chi connectivity index (χ1n) is 10.5. The molecule has 32 heavy (non-hydrogen) atoms. The fraction of sp³-hybridized carbons (Fsp3) is 0.192. The molecule has 0 radical (unpaired) electrons. The molecule has 0 spiro atoms. The van der Waals surface area contributed by atoms with Gasteiger partial charge in [-0.25, -0.2) is 0 Å². The van der Waals surface area contributed by atoms with Crippen molar-refractivity contribution < 1.29 is 19.1 Å². The average Bonchev–Trinajstić information content (AvgIpc) is 3.08. The Morgan fingerprint density at radius 2 is 1.44 bits per heavy atom. The Bertz CT molecular complexity index is 1090. The lowest BCUT2D eigenvalue weighted by Gasteiger charge is -2.25. The van der Waals surface area contributed by atoms with Gasteiger partial charge in [0.2, 0.25) is 5.91 Å². The Labute approximate surface area is 186 Å². The van der Waals surface area contributed by atoms with Crippen LogP contribution in [0.1, 0.15) is 31.8 Å². The van der Waals surface area contributed by atoms with Gasteiger partial charge < -0.3 is 10.1 Å². The topological polar surface area (TPSA) is 75.7 Å². The lowest BCUT2D eigenvalue weighted by Crippen LogP contribution is -2.51. The molecule has 0 fully saturated rings. The standard InChI is InChI=1S/C26H24N2O4/c1-32-20-13-11-18(12-14-20)15-16-27-24(29)23(17-19-7-3-2-4-8-19)28-25(30)21-9-5-6-10-22(21)26(28)31/h2-14,23H,15-17H2,1H3,(H,27,29)/t23-/m0/s1. The van der Waals surface area contributed by atoms with Gasteiger partial charge >= 0.3 is 0 Å². The molecule has 1 heterocycles. The molecule has 1 aliphatic heterocycles. The number of methoxy groups -OCH3 is 1. The maximum absolute atomic E-state index is 13.2. The molecule has 0 aliphatic carbocycles. The second-order valence-electron chi connectivity index (χ2n) is 7.62. The third-order valence-electron chi connectivity index (χ3n) is 5.58. The molecular weight excluding hydrogens is 404 g/mol. The number of carbonyl (C=O) groups is 3. The molecule has 1 aliphatic rings. The largest absolute Gasteiger partial charge is 0.497 e. The number of rotatable bonds is 8. The molecule has 4 rings (SSSR count). The highest BCUT2D eigenvalue weighted by Gasteiger charge is 2.42. The molecule has 1 N–H and O–H groups in total. The quantitative estimate of drug-likeness (QED) is 0.559. The van der Waals surface area contributed by atoms with E-state index in [9.17, 15) is 14.4 Å². The van der Waals surface area contributed by atoms with E-state index < -0.39 is 17.9 Å². The third-order valence-corrected chi connectivity index (χ3v) is 5.58. The van der Waals surface area contributed by atoms with Crippen molar-refractivity contribution in [2.24, 2.45) is 0 Å². The van der Waals surface area contributed by atoms with Gasteiger partial charge in [-0.3, -0.25) is 19.3 Å². The highest BCUT2D eigenvalue weighted by atomic mass is 16.5. The highest BCUT2D eigenvalue weighted by Crippen LogP contribution is 2.26. The number of hydrogen-bond donors (Lipinski definition) is 1. The second-order valence-corrected chi connectivity index (χ2v) is 7.62. The summed E-state index contributed by atoms with van der Waals surface area (Å²) in [5.74, 6) is -0.447. The van der Waals surface area contributed by atoms with Crippen LogP contribution in [0.3, 0.4) is 0 Å². The first kappa shape index (κ1) is 21.3. The van der Waals surface area contributed by atoms with E-state index in [0.29, 0.717) is 24.1 Å². The maximum atomic E-state index is 13.2. The first-order valence-corrected chi connectivity index (χ1v) is 10.5. The van der Waals surface area contributed by atoms with E-state index in [1.807, 2.05) is 54.6 Å². The highest BCUT2D eigenvalue weighted by molar-refractivity contribution is 6.22. The number of amides is 3. The van der Waals surface area contributed by atoms with Crippen molar-refractivity contribution in [3.05, 3.63) is 101 Å². The van der Waals surface area contributed by atoms with Crippen molar-refractivity contribution in [1.29, 1.82) is 0 Å². The van der Waals surface area contributed by atoms with E-state index in [4.69, 9.17) is 4.74 Å². The number of imide groups is 1. The Morgan fingerprint density at radius 1 is 0.844 bits per heavy atom. The van der Waals surface area contributed by atoms with Gasteiger partial charge in [-0.05, 0) is 41.8 Å². The summed E-state index contributed by atoms with van der Waals surface area (Å²) in [6.45, 7) is 0.389. The smallest absolute Gasteiger partial charge is 0.262 e. The molecule has 0 saturated carbocycles. The average molecular weight is 428 g/mol. The van der Waals surface area contributed by atoms with Gasteiger partial charge in [-0.2, -0.15) is 0 Å². The van der Waals surface area contributed by atoms with Gasteiger partial charge in [-0.15, -0.1) is 0 Å². The van der Waals surface area contributed by atoms with Crippen LogP contribution in [0.5, 0.6) is 5.75 Å². The van der Waals surface area contributed by atoms with E-state index in [-0.39, 0.29) is 12.3 Å². The summed E-state index contributed by atoms with van der Waals surface area (Å²) in [6, 6.07) is 22.8. The number of benzene rings is 3. The molecule has 6 nitrogen and oxygen atoms in total. The van der Waals surface area contributed by atoms with Gasteiger partial charge in [0.1, 0.15) is 11.8 Å². The molecule has 0 unspecified atom stereocenters. The number of nitrogens with zero attached hydrogens (tertiary/aromatic N) is 1. The number of carbonyl (C=O) groups excluding carboxylic acids is 3. The SMILES string of the molecule is COc1ccc(CCNC(=O)[C@H](Cc2ccccc2)N2C(=O)c3ccccc3C2=O)cc1. The van der Waals surface area contributed by atoms with Crippen molar-refractivity contribution >= 4 is 17.7 Å². The molecule has 3 aromatic carbocycles. The van der Waals surface area contributed by atoms with Crippen molar-refractivity contribution in [2.45, 2.75) is 18.9 Å². The van der Waals surface area contributed by atoms with Crippen LogP contribution in [-0.2, 0) is 17.6 Å². The van der Waals surface area contributed by atoms with Crippen LogP contribution >= 0.6 is 0 Å². The molecule has 0 aromatic heterocycles. The Morgan fingerprint density at radius 3 is 2.03 bits per heavy atom. The molecule has 1 atom stereocenters.